The number of hydrogen-bond donors (Lipinski definition) is 8. The molecule has 0 aromatic heterocycles. The van der Waals surface area contributed by atoms with Crippen molar-refractivity contribution in [1.29, 1.82) is 0 Å². The number of aliphatic carboxylic acids is 1. The van der Waals surface area contributed by atoms with Crippen molar-refractivity contribution in [2.75, 3.05) is 13.1 Å². The van der Waals surface area contributed by atoms with E-state index in [0.29, 0.717) is 6.42 Å². The van der Waals surface area contributed by atoms with E-state index in [9.17, 15) is 29.4 Å². The van der Waals surface area contributed by atoms with Crippen molar-refractivity contribution in [3.8, 4) is 0 Å². The van der Waals surface area contributed by atoms with E-state index >= 15 is 0 Å². The van der Waals surface area contributed by atoms with Gasteiger partial charge in [-0.3, -0.25) is 19.4 Å². The molecule has 0 saturated heterocycles. The molecule has 0 saturated carbocycles. The Kier molecular flexibility index (Phi) is 12.0. The van der Waals surface area contributed by atoms with E-state index < -0.39 is 54.5 Å². The van der Waals surface area contributed by atoms with E-state index in [4.69, 9.17) is 17.2 Å². The van der Waals surface area contributed by atoms with Crippen molar-refractivity contribution < 1.29 is 29.4 Å². The summed E-state index contributed by atoms with van der Waals surface area (Å²) in [5, 5.41) is 26.1. The van der Waals surface area contributed by atoms with Crippen LogP contribution in [0.4, 0.5) is 0 Å². The Bertz CT molecular complexity index is 858. The van der Waals surface area contributed by atoms with Crippen LogP contribution in [0.25, 0.3) is 0 Å². The molecule has 0 aliphatic carbocycles. The third-order valence-electron chi connectivity index (χ3n) is 4.70. The summed E-state index contributed by atoms with van der Waals surface area (Å²) in [6.07, 6.45) is -0.681. The van der Waals surface area contributed by atoms with Crippen LogP contribution in [0.15, 0.2) is 35.3 Å². The van der Waals surface area contributed by atoms with Gasteiger partial charge < -0.3 is 43.4 Å². The van der Waals surface area contributed by atoms with Gasteiger partial charge in [-0.25, -0.2) is 4.79 Å². The van der Waals surface area contributed by atoms with Gasteiger partial charge in [0.15, 0.2) is 5.96 Å². The lowest BCUT2D eigenvalue weighted by Gasteiger charge is -2.23. The SMILES string of the molecule is CC(O)C(NC(=O)C(N)Cc1ccccc1)C(=O)NCC(=O)NC(CCCN=C(N)N)C(=O)O. The molecule has 0 bridgehead atoms. The number of rotatable bonds is 14. The molecule has 1 rings (SSSR count). The molecule has 34 heavy (non-hydrogen) atoms. The molecule has 4 unspecified atom stereocenters. The molecule has 0 heterocycles. The van der Waals surface area contributed by atoms with Crippen LogP contribution in [0.5, 0.6) is 0 Å². The van der Waals surface area contributed by atoms with Crippen LogP contribution in [0.2, 0.25) is 0 Å². The van der Waals surface area contributed by atoms with Gasteiger partial charge >= 0.3 is 5.97 Å². The molecule has 13 heteroatoms. The molecule has 11 N–H and O–H groups in total. The topological polar surface area (TPSA) is 235 Å². The number of benzene rings is 1. The van der Waals surface area contributed by atoms with Gasteiger partial charge in [0.1, 0.15) is 12.1 Å². The number of aliphatic imine (C=N–C) groups is 1. The standard InChI is InChI=1S/C21H33N7O6/c1-12(29)17(28-18(31)14(22)10-13-6-3-2-4-7-13)19(32)26-11-16(30)27-15(20(33)34)8-5-9-25-21(23)24/h2-4,6-7,12,14-15,17,29H,5,8-11,22H2,1H3,(H,26,32)(H,27,30)(H,28,31)(H,33,34)(H4,23,24,25). The fourth-order valence-corrected chi connectivity index (χ4v) is 2.91. The van der Waals surface area contributed by atoms with Crippen molar-refractivity contribution in [3.05, 3.63) is 35.9 Å². The number of carboxylic acid groups (broad SMARTS) is 1. The molecule has 0 spiro atoms. The monoisotopic (exact) mass is 479 g/mol. The number of carbonyl (C=O) groups excluding carboxylic acids is 3. The molecule has 0 aliphatic heterocycles. The lowest BCUT2D eigenvalue weighted by molar-refractivity contribution is -0.142. The molecule has 4 atom stereocenters. The van der Waals surface area contributed by atoms with Crippen LogP contribution in [0.1, 0.15) is 25.3 Å². The third kappa shape index (κ3) is 10.7. The summed E-state index contributed by atoms with van der Waals surface area (Å²) in [4.78, 5) is 52.0. The van der Waals surface area contributed by atoms with Crippen LogP contribution >= 0.6 is 0 Å². The van der Waals surface area contributed by atoms with Crippen molar-refractivity contribution in [1.82, 2.24) is 16.0 Å². The summed E-state index contributed by atoms with van der Waals surface area (Å²) in [5.74, 6) is -3.63. The van der Waals surface area contributed by atoms with E-state index in [1.54, 1.807) is 24.3 Å². The Labute approximate surface area is 197 Å². The van der Waals surface area contributed by atoms with Gasteiger partial charge in [-0.15, -0.1) is 0 Å². The van der Waals surface area contributed by atoms with Crippen LogP contribution in [0, 0.1) is 0 Å². The average molecular weight is 480 g/mol. The Morgan fingerprint density at radius 3 is 2.26 bits per heavy atom. The van der Waals surface area contributed by atoms with Crippen molar-refractivity contribution in [2.24, 2.45) is 22.2 Å². The summed E-state index contributed by atoms with van der Waals surface area (Å²) in [7, 11) is 0. The Balaban J connectivity index is 2.57. The van der Waals surface area contributed by atoms with E-state index in [-0.39, 0.29) is 25.3 Å². The van der Waals surface area contributed by atoms with Crippen molar-refractivity contribution in [2.45, 2.75) is 50.4 Å². The second-order valence-electron chi connectivity index (χ2n) is 7.65. The Morgan fingerprint density at radius 1 is 1.06 bits per heavy atom. The summed E-state index contributed by atoms with van der Waals surface area (Å²) >= 11 is 0. The molecule has 3 amide bonds. The highest BCUT2D eigenvalue weighted by Gasteiger charge is 2.28. The maximum atomic E-state index is 12.4. The molecule has 13 nitrogen and oxygen atoms in total. The highest BCUT2D eigenvalue weighted by molar-refractivity contribution is 5.93. The minimum absolute atomic E-state index is 0.0669. The van der Waals surface area contributed by atoms with Crippen LogP contribution < -0.4 is 33.2 Å². The number of carboxylic acids is 1. The zero-order valence-corrected chi connectivity index (χ0v) is 18.9. The minimum Gasteiger partial charge on any atom is -0.480 e. The van der Waals surface area contributed by atoms with E-state index in [1.165, 1.54) is 6.92 Å². The highest BCUT2D eigenvalue weighted by atomic mass is 16.4. The molecular formula is C21H33N7O6. The maximum Gasteiger partial charge on any atom is 0.326 e. The third-order valence-corrected chi connectivity index (χ3v) is 4.70. The number of aliphatic hydroxyl groups excluding tert-OH is 1. The normalized spacial score (nSPS) is 14.1. The number of guanidine groups is 1. The number of aliphatic hydroxyl groups is 1. The van der Waals surface area contributed by atoms with Crippen molar-refractivity contribution >= 4 is 29.7 Å². The molecule has 0 radical (unpaired) electrons. The van der Waals surface area contributed by atoms with Crippen LogP contribution in [0.3, 0.4) is 0 Å². The zero-order chi connectivity index (χ0) is 25.7. The first-order valence-electron chi connectivity index (χ1n) is 10.6. The van der Waals surface area contributed by atoms with Gasteiger partial charge in [0.05, 0.1) is 18.7 Å². The number of nitrogens with one attached hydrogen (secondary N) is 3. The first-order valence-corrected chi connectivity index (χ1v) is 10.6. The summed E-state index contributed by atoms with van der Waals surface area (Å²) in [5.41, 5.74) is 17.1. The second kappa shape index (κ2) is 14.4. The van der Waals surface area contributed by atoms with Crippen LogP contribution in [-0.4, -0.2) is 77.2 Å². The predicted molar refractivity (Wildman–Crippen MR) is 124 cm³/mol. The highest BCUT2D eigenvalue weighted by Crippen LogP contribution is 2.03. The fourth-order valence-electron chi connectivity index (χ4n) is 2.91. The summed E-state index contributed by atoms with van der Waals surface area (Å²) in [6, 6.07) is 5.50. The lowest BCUT2D eigenvalue weighted by atomic mass is 10.0. The van der Waals surface area contributed by atoms with Gasteiger partial charge in [-0.05, 0) is 31.7 Å². The smallest absolute Gasteiger partial charge is 0.326 e. The number of nitrogens with two attached hydrogens (primary N) is 3. The van der Waals surface area contributed by atoms with E-state index in [0.717, 1.165) is 5.56 Å². The summed E-state index contributed by atoms with van der Waals surface area (Å²) in [6.45, 7) is 0.928. The number of nitrogens with zero attached hydrogens (tertiary/aromatic N) is 1. The first-order chi connectivity index (χ1) is 16.0. The largest absolute Gasteiger partial charge is 0.480 e. The van der Waals surface area contributed by atoms with Gasteiger partial charge in [0, 0.05) is 6.54 Å². The van der Waals surface area contributed by atoms with Gasteiger partial charge in [-0.1, -0.05) is 30.3 Å². The van der Waals surface area contributed by atoms with Crippen molar-refractivity contribution in [3.63, 3.8) is 0 Å². The first kappa shape index (κ1) is 28.3. The van der Waals surface area contributed by atoms with Crippen LogP contribution in [-0.2, 0) is 25.6 Å². The van der Waals surface area contributed by atoms with E-state index in [1.807, 2.05) is 6.07 Å². The molecule has 188 valence electrons. The molecule has 0 fully saturated rings. The Morgan fingerprint density at radius 2 is 1.71 bits per heavy atom. The number of amides is 3. The molecule has 1 aromatic rings. The minimum atomic E-state index is -1.36. The molecule has 0 aliphatic rings. The zero-order valence-electron chi connectivity index (χ0n) is 18.9. The lowest BCUT2D eigenvalue weighted by Crippen LogP contribution is -2.57. The van der Waals surface area contributed by atoms with E-state index in [2.05, 4.69) is 20.9 Å². The number of carbonyl (C=O) groups is 4. The number of hydrogen-bond acceptors (Lipinski definition) is 7. The molecular weight excluding hydrogens is 446 g/mol. The Hall–Kier alpha value is -3.71. The van der Waals surface area contributed by atoms with Gasteiger partial charge in [-0.2, -0.15) is 0 Å². The van der Waals surface area contributed by atoms with Gasteiger partial charge in [0.2, 0.25) is 17.7 Å². The quantitative estimate of drug-likeness (QED) is 0.0778. The predicted octanol–water partition coefficient (Wildman–Crippen LogP) is -2.84. The summed E-state index contributed by atoms with van der Waals surface area (Å²) < 4.78 is 0. The molecule has 1 aromatic carbocycles. The average Bonchev–Trinajstić information content (AvgIpc) is 2.77. The maximum absolute atomic E-state index is 12.4. The fraction of sp³-hybridized carbons (Fsp3) is 0.476. The second-order valence-corrected chi connectivity index (χ2v) is 7.65. The van der Waals surface area contributed by atoms with Gasteiger partial charge in [0.25, 0.3) is 0 Å².